The molecule has 0 N–H and O–H groups in total. The highest BCUT2D eigenvalue weighted by Gasteiger charge is 2.35. The number of nitrogens with zero attached hydrogens (tertiary/aromatic N) is 1. The van der Waals surface area contributed by atoms with Crippen molar-refractivity contribution in [2.45, 2.75) is 50.0 Å². The first kappa shape index (κ1) is 13.6. The fraction of sp³-hybridized carbons (Fsp3) is 0.571. The molecule has 3 nitrogen and oxygen atoms in total. The van der Waals surface area contributed by atoms with Crippen LogP contribution >= 0.6 is 0 Å². The Hall–Kier alpha value is -0.870. The van der Waals surface area contributed by atoms with Gasteiger partial charge in [0.25, 0.3) is 0 Å². The zero-order valence-corrected chi connectivity index (χ0v) is 12.3. The van der Waals surface area contributed by atoms with E-state index in [4.69, 9.17) is 0 Å². The molecule has 0 spiro atoms. The second-order valence-corrected chi connectivity index (χ2v) is 8.02. The zero-order valence-electron chi connectivity index (χ0n) is 11.5. The van der Waals surface area contributed by atoms with E-state index < -0.39 is 10.0 Å². The highest BCUT2D eigenvalue weighted by molar-refractivity contribution is 7.89. The Morgan fingerprint density at radius 1 is 1.11 bits per heavy atom. The molecule has 0 saturated heterocycles. The predicted octanol–water partition coefficient (Wildman–Crippen LogP) is 2.77. The topological polar surface area (TPSA) is 37.4 Å². The summed E-state index contributed by atoms with van der Waals surface area (Å²) < 4.78 is 26.1. The van der Waals surface area contributed by atoms with E-state index in [2.05, 4.69) is 20.8 Å². The first-order chi connectivity index (χ1) is 8.23. The fourth-order valence-corrected chi connectivity index (χ4v) is 3.34. The minimum Gasteiger partial charge on any atom is -0.207 e. The molecular formula is C14H21NO2S. The lowest BCUT2D eigenvalue weighted by atomic mass is 9.87. The van der Waals surface area contributed by atoms with E-state index in [1.54, 1.807) is 19.2 Å². The Kier molecular flexibility index (Phi) is 3.28. The summed E-state index contributed by atoms with van der Waals surface area (Å²) in [6, 6.07) is 7.46. The summed E-state index contributed by atoms with van der Waals surface area (Å²) in [4.78, 5) is 0.393. The van der Waals surface area contributed by atoms with Gasteiger partial charge in [-0.2, -0.15) is 4.31 Å². The smallest absolute Gasteiger partial charge is 0.207 e. The Morgan fingerprint density at radius 2 is 1.61 bits per heavy atom. The van der Waals surface area contributed by atoms with Crippen molar-refractivity contribution in [3.05, 3.63) is 29.8 Å². The molecule has 1 aromatic rings. The van der Waals surface area contributed by atoms with Crippen LogP contribution < -0.4 is 0 Å². The van der Waals surface area contributed by atoms with Gasteiger partial charge in [-0.3, -0.25) is 0 Å². The van der Waals surface area contributed by atoms with E-state index in [1.807, 2.05) is 12.1 Å². The molecule has 1 fully saturated rings. The van der Waals surface area contributed by atoms with E-state index >= 15 is 0 Å². The predicted molar refractivity (Wildman–Crippen MR) is 73.1 cm³/mol. The second-order valence-electron chi connectivity index (χ2n) is 6.03. The van der Waals surface area contributed by atoms with Crippen LogP contribution in [-0.2, 0) is 15.4 Å². The molecule has 1 aromatic carbocycles. The van der Waals surface area contributed by atoms with E-state index in [-0.39, 0.29) is 11.5 Å². The van der Waals surface area contributed by atoms with E-state index in [0.29, 0.717) is 4.90 Å². The normalized spacial score (nSPS) is 17.2. The Labute approximate surface area is 110 Å². The molecule has 1 aliphatic rings. The van der Waals surface area contributed by atoms with Crippen LogP contribution in [0, 0.1) is 0 Å². The van der Waals surface area contributed by atoms with Crippen molar-refractivity contribution in [1.29, 1.82) is 0 Å². The average molecular weight is 267 g/mol. The summed E-state index contributed by atoms with van der Waals surface area (Å²) in [6.07, 6.45) is 1.96. The van der Waals surface area contributed by atoms with Gasteiger partial charge in [0.15, 0.2) is 0 Å². The maximum atomic E-state index is 12.3. The van der Waals surface area contributed by atoms with Crippen LogP contribution in [0.5, 0.6) is 0 Å². The largest absolute Gasteiger partial charge is 0.243 e. The molecule has 0 radical (unpaired) electrons. The minimum absolute atomic E-state index is 0.0463. The third kappa shape index (κ3) is 2.59. The SMILES string of the molecule is CN(C1CC1)S(=O)(=O)c1ccc(C(C)(C)C)cc1. The van der Waals surface area contributed by atoms with Crippen molar-refractivity contribution in [3.8, 4) is 0 Å². The first-order valence-electron chi connectivity index (χ1n) is 6.31. The molecule has 0 bridgehead atoms. The van der Waals surface area contributed by atoms with Gasteiger partial charge in [-0.25, -0.2) is 8.42 Å². The number of benzene rings is 1. The molecule has 0 aromatic heterocycles. The fourth-order valence-electron chi connectivity index (χ4n) is 1.93. The second kappa shape index (κ2) is 4.35. The van der Waals surface area contributed by atoms with Crippen LogP contribution in [0.25, 0.3) is 0 Å². The number of rotatable bonds is 3. The summed E-state index contributed by atoms with van der Waals surface area (Å²) in [5, 5.41) is 0. The number of hydrogen-bond acceptors (Lipinski definition) is 2. The van der Waals surface area contributed by atoms with Crippen molar-refractivity contribution in [3.63, 3.8) is 0 Å². The number of hydrogen-bond donors (Lipinski definition) is 0. The summed E-state index contributed by atoms with van der Waals surface area (Å²) in [5.41, 5.74) is 1.19. The van der Waals surface area contributed by atoms with Gasteiger partial charge in [-0.05, 0) is 36.0 Å². The van der Waals surface area contributed by atoms with Gasteiger partial charge in [0.05, 0.1) is 4.90 Å². The quantitative estimate of drug-likeness (QED) is 0.844. The highest BCUT2D eigenvalue weighted by Crippen LogP contribution is 2.31. The van der Waals surface area contributed by atoms with Gasteiger partial charge in [0, 0.05) is 13.1 Å². The van der Waals surface area contributed by atoms with Gasteiger partial charge in [-0.1, -0.05) is 32.9 Å². The summed E-state index contributed by atoms with van der Waals surface area (Å²) in [7, 11) is -1.63. The molecule has 4 heteroatoms. The Morgan fingerprint density at radius 3 is 2.00 bits per heavy atom. The molecule has 100 valence electrons. The zero-order chi connectivity index (χ0) is 13.6. The molecule has 0 unspecified atom stereocenters. The lowest BCUT2D eigenvalue weighted by Gasteiger charge is -2.20. The van der Waals surface area contributed by atoms with Crippen molar-refractivity contribution >= 4 is 10.0 Å². The van der Waals surface area contributed by atoms with Crippen LogP contribution in [0.1, 0.15) is 39.2 Å². The maximum absolute atomic E-state index is 12.3. The van der Waals surface area contributed by atoms with Crippen LogP contribution in [-0.4, -0.2) is 25.8 Å². The summed E-state index contributed by atoms with van der Waals surface area (Å²) in [6.45, 7) is 6.35. The lowest BCUT2D eigenvalue weighted by molar-refractivity contribution is 0.464. The summed E-state index contributed by atoms with van der Waals surface area (Å²) in [5.74, 6) is 0. The Bertz CT molecular complexity index is 522. The van der Waals surface area contributed by atoms with E-state index in [0.717, 1.165) is 18.4 Å². The standard InChI is InChI=1S/C14H21NO2S/c1-14(2,3)11-5-9-13(10-6-11)18(16,17)15(4)12-7-8-12/h5-6,9-10,12H,7-8H2,1-4H3. The molecule has 1 saturated carbocycles. The average Bonchev–Trinajstić information content (AvgIpc) is 3.11. The van der Waals surface area contributed by atoms with Gasteiger partial charge >= 0.3 is 0 Å². The molecular weight excluding hydrogens is 246 g/mol. The van der Waals surface area contributed by atoms with Crippen LogP contribution in [0.15, 0.2) is 29.2 Å². The highest BCUT2D eigenvalue weighted by atomic mass is 32.2. The number of sulfonamides is 1. The van der Waals surface area contributed by atoms with Gasteiger partial charge in [0.2, 0.25) is 10.0 Å². The van der Waals surface area contributed by atoms with Gasteiger partial charge < -0.3 is 0 Å². The first-order valence-corrected chi connectivity index (χ1v) is 7.75. The van der Waals surface area contributed by atoms with E-state index in [1.165, 1.54) is 4.31 Å². The molecule has 2 rings (SSSR count). The van der Waals surface area contributed by atoms with Gasteiger partial charge in [0.1, 0.15) is 0 Å². The Balaban J connectivity index is 2.29. The van der Waals surface area contributed by atoms with Crippen LogP contribution in [0.3, 0.4) is 0 Å². The maximum Gasteiger partial charge on any atom is 0.243 e. The van der Waals surface area contributed by atoms with Crippen molar-refractivity contribution in [1.82, 2.24) is 4.31 Å². The molecule has 0 atom stereocenters. The molecule has 0 amide bonds. The van der Waals surface area contributed by atoms with Crippen LogP contribution in [0.4, 0.5) is 0 Å². The molecule has 0 aliphatic heterocycles. The van der Waals surface area contributed by atoms with Gasteiger partial charge in [-0.15, -0.1) is 0 Å². The third-order valence-corrected chi connectivity index (χ3v) is 5.38. The molecule has 1 aliphatic carbocycles. The van der Waals surface area contributed by atoms with E-state index in [9.17, 15) is 8.42 Å². The summed E-state index contributed by atoms with van der Waals surface area (Å²) >= 11 is 0. The minimum atomic E-state index is -3.30. The molecule has 18 heavy (non-hydrogen) atoms. The third-order valence-electron chi connectivity index (χ3n) is 3.46. The monoisotopic (exact) mass is 267 g/mol. The van der Waals surface area contributed by atoms with Crippen molar-refractivity contribution in [2.75, 3.05) is 7.05 Å². The lowest BCUT2D eigenvalue weighted by Crippen LogP contribution is -2.29. The van der Waals surface area contributed by atoms with Crippen molar-refractivity contribution in [2.24, 2.45) is 0 Å². The van der Waals surface area contributed by atoms with Crippen molar-refractivity contribution < 1.29 is 8.42 Å². The van der Waals surface area contributed by atoms with Crippen LogP contribution in [0.2, 0.25) is 0 Å². The molecule has 0 heterocycles.